The monoisotopic (exact) mass is 460 g/mol. The Balaban J connectivity index is 1.41. The fourth-order valence-corrected chi connectivity index (χ4v) is 5.16. The Labute approximate surface area is 190 Å². The normalized spacial score (nSPS) is 20.8. The number of aliphatic hydroxyl groups excluding tert-OH is 1. The summed E-state index contributed by atoms with van der Waals surface area (Å²) in [5.74, 6) is 2.85. The van der Waals surface area contributed by atoms with Gasteiger partial charge in [-0.3, -0.25) is 0 Å². The van der Waals surface area contributed by atoms with E-state index < -0.39 is 9.84 Å². The summed E-state index contributed by atoms with van der Waals surface area (Å²) in [6.07, 6.45) is 8.45. The Bertz CT molecular complexity index is 1020. The molecule has 2 heterocycles. The molecule has 8 nitrogen and oxygen atoms in total. The number of aliphatic hydroxyl groups is 1. The van der Waals surface area contributed by atoms with Gasteiger partial charge in [-0.05, 0) is 62.6 Å². The zero-order chi connectivity index (χ0) is 22.6. The van der Waals surface area contributed by atoms with Gasteiger partial charge in [-0.15, -0.1) is 0 Å². The first-order chi connectivity index (χ1) is 15.4. The van der Waals surface area contributed by atoms with Gasteiger partial charge in [0.25, 0.3) is 0 Å². The molecule has 0 radical (unpaired) electrons. The molecule has 1 saturated carbocycles. The Morgan fingerprint density at radius 1 is 1.22 bits per heavy atom. The summed E-state index contributed by atoms with van der Waals surface area (Å²) in [6, 6.07) is 8.23. The standard InChI is InChI=1S/C23H32N4O4S/c1-32(29,30)15-3-14-31-21-5-2-4-20-19(21)11-13-27(20)22-10-12-24-23(26-22)25-18-8-6-17(16-28)7-9-18/h2,4-5,10,12,17-18,28H,3,6-9,11,13-16H2,1H3,(H,24,25,26)/t17-,18-. The van der Waals surface area contributed by atoms with Gasteiger partial charge in [0.2, 0.25) is 5.95 Å². The molecule has 2 N–H and O–H groups in total. The molecule has 1 aliphatic heterocycles. The van der Waals surface area contributed by atoms with Crippen LogP contribution >= 0.6 is 0 Å². The second kappa shape index (κ2) is 10.0. The lowest BCUT2D eigenvalue weighted by Gasteiger charge is -2.28. The average molecular weight is 461 g/mol. The summed E-state index contributed by atoms with van der Waals surface area (Å²) in [7, 11) is -2.97. The molecule has 0 unspecified atom stereocenters. The fourth-order valence-electron chi connectivity index (χ4n) is 4.52. The Morgan fingerprint density at radius 3 is 2.78 bits per heavy atom. The van der Waals surface area contributed by atoms with Crippen LogP contribution in [0.4, 0.5) is 17.5 Å². The topological polar surface area (TPSA) is 105 Å². The summed E-state index contributed by atoms with van der Waals surface area (Å²) in [6.45, 7) is 1.46. The van der Waals surface area contributed by atoms with Gasteiger partial charge >= 0.3 is 0 Å². The number of aromatic nitrogens is 2. The van der Waals surface area contributed by atoms with Crippen LogP contribution < -0.4 is 15.0 Å². The smallest absolute Gasteiger partial charge is 0.224 e. The van der Waals surface area contributed by atoms with Crippen LogP contribution in [0.25, 0.3) is 0 Å². The second-order valence-corrected chi connectivity index (χ2v) is 11.0. The SMILES string of the molecule is CS(=O)(=O)CCCOc1cccc2c1CCN2c1ccnc(N[C@H]2CC[C@H](CO)CC2)n1. The Morgan fingerprint density at radius 2 is 2.03 bits per heavy atom. The van der Waals surface area contributed by atoms with Gasteiger partial charge in [0.15, 0.2) is 0 Å². The zero-order valence-corrected chi connectivity index (χ0v) is 19.4. The minimum atomic E-state index is -2.97. The number of anilines is 3. The molecule has 1 aromatic heterocycles. The molecule has 2 aliphatic rings. The van der Waals surface area contributed by atoms with Gasteiger partial charge in [-0.2, -0.15) is 4.98 Å². The van der Waals surface area contributed by atoms with E-state index in [0.717, 1.165) is 61.5 Å². The average Bonchev–Trinajstić information content (AvgIpc) is 3.22. The molecular weight excluding hydrogens is 428 g/mol. The summed E-state index contributed by atoms with van der Waals surface area (Å²) in [4.78, 5) is 11.4. The highest BCUT2D eigenvalue weighted by atomic mass is 32.2. The lowest BCUT2D eigenvalue weighted by atomic mass is 9.87. The second-order valence-electron chi connectivity index (χ2n) is 8.77. The number of benzene rings is 1. The van der Waals surface area contributed by atoms with E-state index in [1.807, 2.05) is 18.2 Å². The zero-order valence-electron chi connectivity index (χ0n) is 18.5. The van der Waals surface area contributed by atoms with Crippen molar-refractivity contribution in [3.63, 3.8) is 0 Å². The number of sulfone groups is 1. The maximum atomic E-state index is 11.3. The van der Waals surface area contributed by atoms with Gasteiger partial charge in [0.1, 0.15) is 21.4 Å². The van der Waals surface area contributed by atoms with Crippen molar-refractivity contribution in [2.45, 2.75) is 44.6 Å². The number of nitrogens with one attached hydrogen (secondary N) is 1. The lowest BCUT2D eigenvalue weighted by molar-refractivity contribution is 0.185. The first kappa shape index (κ1) is 22.8. The number of ether oxygens (including phenoxy) is 1. The van der Waals surface area contributed by atoms with E-state index in [4.69, 9.17) is 9.72 Å². The molecular formula is C23H32N4O4S. The third-order valence-corrected chi connectivity index (χ3v) is 7.29. The summed E-state index contributed by atoms with van der Waals surface area (Å²) < 4.78 is 28.6. The predicted octanol–water partition coefficient (Wildman–Crippen LogP) is 2.95. The van der Waals surface area contributed by atoms with E-state index in [0.29, 0.717) is 30.9 Å². The fraction of sp³-hybridized carbons (Fsp3) is 0.565. The number of nitrogens with zero attached hydrogens (tertiary/aromatic N) is 3. The number of hydrogen-bond donors (Lipinski definition) is 2. The molecule has 0 bridgehead atoms. The molecule has 0 saturated heterocycles. The highest BCUT2D eigenvalue weighted by Gasteiger charge is 2.26. The van der Waals surface area contributed by atoms with E-state index in [-0.39, 0.29) is 12.4 Å². The summed E-state index contributed by atoms with van der Waals surface area (Å²) in [5.41, 5.74) is 2.20. The van der Waals surface area contributed by atoms with Gasteiger partial charge in [-0.1, -0.05) is 6.07 Å². The van der Waals surface area contributed by atoms with Crippen molar-refractivity contribution in [3.8, 4) is 5.75 Å². The largest absolute Gasteiger partial charge is 0.493 e. The van der Waals surface area contributed by atoms with Gasteiger partial charge < -0.3 is 20.1 Å². The van der Waals surface area contributed by atoms with Crippen molar-refractivity contribution in [2.24, 2.45) is 5.92 Å². The molecule has 9 heteroatoms. The lowest BCUT2D eigenvalue weighted by Crippen LogP contribution is -2.28. The van der Waals surface area contributed by atoms with Crippen LogP contribution in [0.2, 0.25) is 0 Å². The van der Waals surface area contributed by atoms with Crippen molar-refractivity contribution in [1.82, 2.24) is 9.97 Å². The molecule has 1 aromatic carbocycles. The molecule has 0 spiro atoms. The third kappa shape index (κ3) is 5.69. The van der Waals surface area contributed by atoms with Crippen LogP contribution in [0.1, 0.15) is 37.7 Å². The minimum Gasteiger partial charge on any atom is -0.493 e. The van der Waals surface area contributed by atoms with E-state index in [1.54, 1.807) is 6.20 Å². The van der Waals surface area contributed by atoms with Crippen LogP contribution in [-0.2, 0) is 16.3 Å². The van der Waals surface area contributed by atoms with Crippen LogP contribution in [0.5, 0.6) is 5.75 Å². The molecule has 4 rings (SSSR count). The number of rotatable bonds is 9. The molecule has 1 aliphatic carbocycles. The molecule has 0 atom stereocenters. The quantitative estimate of drug-likeness (QED) is 0.551. The highest BCUT2D eigenvalue weighted by molar-refractivity contribution is 7.90. The maximum absolute atomic E-state index is 11.3. The number of hydrogen-bond acceptors (Lipinski definition) is 8. The van der Waals surface area contributed by atoms with Gasteiger partial charge in [-0.25, -0.2) is 13.4 Å². The van der Waals surface area contributed by atoms with Crippen LogP contribution in [0, 0.1) is 5.92 Å². The van der Waals surface area contributed by atoms with Crippen LogP contribution in [0.15, 0.2) is 30.5 Å². The van der Waals surface area contributed by atoms with Crippen LogP contribution in [0.3, 0.4) is 0 Å². The van der Waals surface area contributed by atoms with Gasteiger partial charge in [0.05, 0.1) is 12.4 Å². The maximum Gasteiger partial charge on any atom is 0.224 e. The highest BCUT2D eigenvalue weighted by Crippen LogP contribution is 2.39. The molecule has 32 heavy (non-hydrogen) atoms. The Kier molecular flexibility index (Phi) is 7.15. The van der Waals surface area contributed by atoms with Gasteiger partial charge in [0, 0.05) is 42.9 Å². The molecule has 2 aromatic rings. The van der Waals surface area contributed by atoms with Crippen molar-refractivity contribution in [2.75, 3.05) is 42.0 Å². The van der Waals surface area contributed by atoms with E-state index in [9.17, 15) is 13.5 Å². The van der Waals surface area contributed by atoms with Crippen molar-refractivity contribution >= 4 is 27.3 Å². The summed E-state index contributed by atoms with van der Waals surface area (Å²) in [5, 5.41) is 12.8. The third-order valence-electron chi connectivity index (χ3n) is 6.26. The predicted molar refractivity (Wildman–Crippen MR) is 125 cm³/mol. The first-order valence-corrected chi connectivity index (χ1v) is 13.4. The van der Waals surface area contributed by atoms with E-state index >= 15 is 0 Å². The van der Waals surface area contributed by atoms with Crippen molar-refractivity contribution in [1.29, 1.82) is 0 Å². The van der Waals surface area contributed by atoms with E-state index in [1.165, 1.54) is 6.26 Å². The minimum absolute atomic E-state index is 0.131. The van der Waals surface area contributed by atoms with Crippen LogP contribution in [-0.4, -0.2) is 61.3 Å². The van der Waals surface area contributed by atoms with Crippen molar-refractivity contribution < 1.29 is 18.3 Å². The molecule has 174 valence electrons. The summed E-state index contributed by atoms with van der Waals surface area (Å²) >= 11 is 0. The first-order valence-electron chi connectivity index (χ1n) is 11.3. The molecule has 1 fully saturated rings. The number of fused-ring (bicyclic) bond motifs is 1. The van der Waals surface area contributed by atoms with E-state index in [2.05, 4.69) is 21.3 Å². The molecule has 0 amide bonds. The van der Waals surface area contributed by atoms with Crippen molar-refractivity contribution in [3.05, 3.63) is 36.0 Å². The Hall–Kier alpha value is -2.39.